The summed E-state index contributed by atoms with van der Waals surface area (Å²) in [5.41, 5.74) is 0. The van der Waals surface area contributed by atoms with Crippen LogP contribution in [0.4, 0.5) is 0 Å². The number of carbonyl (C=O) groups is 1. The van der Waals surface area contributed by atoms with Crippen molar-refractivity contribution in [1.82, 2.24) is 5.32 Å². The molecule has 0 heterocycles. The van der Waals surface area contributed by atoms with E-state index in [1.54, 1.807) is 19.9 Å². The number of nitriles is 1. The lowest BCUT2D eigenvalue weighted by atomic mass is 10.2. The molecule has 0 radical (unpaired) electrons. The highest BCUT2D eigenvalue weighted by Gasteiger charge is 2.11. The van der Waals surface area contributed by atoms with Crippen LogP contribution in [0.15, 0.2) is 12.7 Å². The zero-order valence-electron chi connectivity index (χ0n) is 6.79. The van der Waals surface area contributed by atoms with Gasteiger partial charge >= 0.3 is 0 Å². The van der Waals surface area contributed by atoms with Crippen LogP contribution in [-0.4, -0.2) is 11.9 Å². The minimum absolute atomic E-state index is 0.0710. The molecule has 1 amide bonds. The highest BCUT2D eigenvalue weighted by molar-refractivity contribution is 5.80. The predicted octanol–water partition coefficient (Wildman–Crippen LogP) is 0.837. The Morgan fingerprint density at radius 3 is 2.64 bits per heavy atom. The van der Waals surface area contributed by atoms with E-state index in [9.17, 15) is 4.79 Å². The topological polar surface area (TPSA) is 52.9 Å². The van der Waals surface area contributed by atoms with Gasteiger partial charge in [0.2, 0.25) is 5.91 Å². The second-order valence-corrected chi connectivity index (χ2v) is 2.38. The smallest absolute Gasteiger partial charge is 0.237 e. The molecule has 0 saturated heterocycles. The van der Waals surface area contributed by atoms with Gasteiger partial charge < -0.3 is 5.32 Å². The van der Waals surface area contributed by atoms with Gasteiger partial charge in [-0.25, -0.2) is 0 Å². The van der Waals surface area contributed by atoms with Crippen molar-refractivity contribution in [3.8, 4) is 6.07 Å². The zero-order chi connectivity index (χ0) is 8.85. The quantitative estimate of drug-likeness (QED) is 0.609. The van der Waals surface area contributed by atoms with Crippen LogP contribution in [0.1, 0.15) is 13.8 Å². The monoisotopic (exact) mass is 152 g/mol. The largest absolute Gasteiger partial charge is 0.349 e. The normalized spacial score (nSPS) is 14.3. The first kappa shape index (κ1) is 9.70. The van der Waals surface area contributed by atoms with Crippen molar-refractivity contribution < 1.29 is 4.79 Å². The molecule has 3 heteroatoms. The van der Waals surface area contributed by atoms with E-state index in [0.29, 0.717) is 0 Å². The Kier molecular flexibility index (Phi) is 3.97. The molecule has 2 unspecified atom stereocenters. The van der Waals surface area contributed by atoms with E-state index in [4.69, 9.17) is 5.26 Å². The van der Waals surface area contributed by atoms with E-state index < -0.39 is 5.92 Å². The molecule has 1 N–H and O–H groups in total. The van der Waals surface area contributed by atoms with Gasteiger partial charge in [-0.3, -0.25) is 4.79 Å². The maximum Gasteiger partial charge on any atom is 0.237 e. The summed E-state index contributed by atoms with van der Waals surface area (Å²) in [6.45, 7) is 6.86. The third kappa shape index (κ3) is 3.41. The SMILES string of the molecule is C=CC(C)NC(=O)C(C)C#N. The van der Waals surface area contributed by atoms with Crippen LogP contribution in [0.5, 0.6) is 0 Å². The van der Waals surface area contributed by atoms with E-state index >= 15 is 0 Å². The van der Waals surface area contributed by atoms with Crippen LogP contribution in [0.25, 0.3) is 0 Å². The molecule has 0 aromatic carbocycles. The average Bonchev–Trinajstić information content (AvgIpc) is 2.02. The van der Waals surface area contributed by atoms with Crippen LogP contribution < -0.4 is 5.32 Å². The van der Waals surface area contributed by atoms with E-state index in [0.717, 1.165) is 0 Å². The van der Waals surface area contributed by atoms with Gasteiger partial charge in [0.05, 0.1) is 6.07 Å². The Labute approximate surface area is 66.7 Å². The summed E-state index contributed by atoms with van der Waals surface area (Å²) >= 11 is 0. The molecule has 11 heavy (non-hydrogen) atoms. The number of nitrogens with zero attached hydrogens (tertiary/aromatic N) is 1. The number of nitrogens with one attached hydrogen (secondary N) is 1. The van der Waals surface area contributed by atoms with E-state index in [2.05, 4.69) is 11.9 Å². The number of amides is 1. The summed E-state index contributed by atoms with van der Waals surface area (Å²) in [5, 5.41) is 11.0. The van der Waals surface area contributed by atoms with Gasteiger partial charge in [-0.1, -0.05) is 6.08 Å². The Bertz CT molecular complexity index is 193. The lowest BCUT2D eigenvalue weighted by Crippen LogP contribution is -2.34. The standard InChI is InChI=1S/C8H12N2O/c1-4-7(3)10-8(11)6(2)5-9/h4,6-7H,1H2,2-3H3,(H,10,11). The van der Waals surface area contributed by atoms with Crippen molar-refractivity contribution in [3.63, 3.8) is 0 Å². The van der Waals surface area contributed by atoms with E-state index in [1.807, 2.05) is 6.07 Å². The van der Waals surface area contributed by atoms with Crippen molar-refractivity contribution >= 4 is 5.91 Å². The average molecular weight is 152 g/mol. The Morgan fingerprint density at radius 2 is 2.27 bits per heavy atom. The number of hydrogen-bond acceptors (Lipinski definition) is 2. The number of rotatable bonds is 3. The predicted molar refractivity (Wildman–Crippen MR) is 42.6 cm³/mol. The van der Waals surface area contributed by atoms with Gasteiger partial charge in [0, 0.05) is 6.04 Å². The highest BCUT2D eigenvalue weighted by atomic mass is 16.1. The molecular weight excluding hydrogens is 140 g/mol. The van der Waals surface area contributed by atoms with Crippen molar-refractivity contribution in [2.45, 2.75) is 19.9 Å². The first-order valence-corrected chi connectivity index (χ1v) is 3.44. The first-order valence-electron chi connectivity index (χ1n) is 3.44. The molecule has 0 bridgehead atoms. The minimum atomic E-state index is -0.586. The first-order chi connectivity index (χ1) is 5.11. The van der Waals surface area contributed by atoms with Crippen LogP contribution in [0.2, 0.25) is 0 Å². The van der Waals surface area contributed by atoms with Crippen LogP contribution >= 0.6 is 0 Å². The summed E-state index contributed by atoms with van der Waals surface area (Å²) in [5.74, 6) is -0.836. The molecule has 0 aromatic rings. The van der Waals surface area contributed by atoms with Crippen LogP contribution in [0, 0.1) is 17.2 Å². The minimum Gasteiger partial charge on any atom is -0.349 e. The zero-order valence-corrected chi connectivity index (χ0v) is 6.79. The van der Waals surface area contributed by atoms with Gasteiger partial charge in [-0.05, 0) is 13.8 Å². The molecule has 0 aliphatic carbocycles. The summed E-state index contributed by atoms with van der Waals surface area (Å²) in [7, 11) is 0. The Morgan fingerprint density at radius 1 is 1.73 bits per heavy atom. The second kappa shape index (κ2) is 4.51. The second-order valence-electron chi connectivity index (χ2n) is 2.38. The summed E-state index contributed by atoms with van der Waals surface area (Å²) in [6, 6.07) is 1.78. The molecule has 0 aliphatic rings. The molecule has 0 aliphatic heterocycles. The number of carbonyl (C=O) groups excluding carboxylic acids is 1. The van der Waals surface area contributed by atoms with Gasteiger partial charge in [0.25, 0.3) is 0 Å². The van der Waals surface area contributed by atoms with E-state index in [-0.39, 0.29) is 11.9 Å². The van der Waals surface area contributed by atoms with Gasteiger partial charge in [-0.2, -0.15) is 5.26 Å². The molecule has 0 fully saturated rings. The molecule has 0 spiro atoms. The number of hydrogen-bond donors (Lipinski definition) is 1. The third-order valence-electron chi connectivity index (χ3n) is 1.31. The van der Waals surface area contributed by atoms with Crippen molar-refractivity contribution in [2.75, 3.05) is 0 Å². The Hall–Kier alpha value is -1.30. The fourth-order valence-electron chi connectivity index (χ4n) is 0.467. The fraction of sp³-hybridized carbons (Fsp3) is 0.500. The lowest BCUT2D eigenvalue weighted by molar-refractivity contribution is -0.123. The fourth-order valence-corrected chi connectivity index (χ4v) is 0.467. The summed E-state index contributed by atoms with van der Waals surface area (Å²) < 4.78 is 0. The molecule has 2 atom stereocenters. The van der Waals surface area contributed by atoms with Gasteiger partial charge in [0.1, 0.15) is 5.92 Å². The summed E-state index contributed by atoms with van der Waals surface area (Å²) in [4.78, 5) is 11.0. The van der Waals surface area contributed by atoms with Crippen LogP contribution in [0.3, 0.4) is 0 Å². The molecule has 3 nitrogen and oxygen atoms in total. The molecule has 0 rings (SSSR count). The maximum absolute atomic E-state index is 11.0. The Balaban J connectivity index is 3.89. The van der Waals surface area contributed by atoms with Gasteiger partial charge in [0.15, 0.2) is 0 Å². The molecule has 0 aromatic heterocycles. The third-order valence-corrected chi connectivity index (χ3v) is 1.31. The molecular formula is C8H12N2O. The highest BCUT2D eigenvalue weighted by Crippen LogP contribution is 1.92. The lowest BCUT2D eigenvalue weighted by Gasteiger charge is -2.09. The van der Waals surface area contributed by atoms with Crippen molar-refractivity contribution in [2.24, 2.45) is 5.92 Å². The van der Waals surface area contributed by atoms with E-state index in [1.165, 1.54) is 0 Å². The maximum atomic E-state index is 11.0. The molecule has 0 saturated carbocycles. The van der Waals surface area contributed by atoms with Crippen LogP contribution in [-0.2, 0) is 4.79 Å². The molecule has 60 valence electrons. The van der Waals surface area contributed by atoms with Crippen molar-refractivity contribution in [1.29, 1.82) is 5.26 Å². The summed E-state index contributed by atoms with van der Waals surface area (Å²) in [6.07, 6.45) is 1.61. The van der Waals surface area contributed by atoms with Gasteiger partial charge in [-0.15, -0.1) is 6.58 Å². The van der Waals surface area contributed by atoms with Crippen molar-refractivity contribution in [3.05, 3.63) is 12.7 Å².